The van der Waals surface area contributed by atoms with Crippen molar-refractivity contribution in [3.8, 4) is 28.4 Å². The van der Waals surface area contributed by atoms with E-state index >= 15 is 0 Å². The second-order valence-electron chi connectivity index (χ2n) is 9.26. The second kappa shape index (κ2) is 12.0. The number of halogens is 1. The fourth-order valence-electron chi connectivity index (χ4n) is 4.45. The van der Waals surface area contributed by atoms with Crippen molar-refractivity contribution in [1.29, 1.82) is 0 Å². The molecule has 0 N–H and O–H groups in total. The van der Waals surface area contributed by atoms with Crippen molar-refractivity contribution in [3.63, 3.8) is 0 Å². The molecule has 1 aliphatic heterocycles. The Morgan fingerprint density at radius 1 is 0.810 bits per heavy atom. The third-order valence-corrected chi connectivity index (χ3v) is 7.82. The van der Waals surface area contributed by atoms with Crippen LogP contribution in [0.15, 0.2) is 119 Å². The van der Waals surface area contributed by atoms with Crippen LogP contribution >= 0.6 is 23.4 Å². The van der Waals surface area contributed by atoms with Gasteiger partial charge < -0.3 is 9.47 Å². The highest BCUT2D eigenvalue weighted by Crippen LogP contribution is 2.39. The monoisotopic (exact) mass is 592 g/mol. The van der Waals surface area contributed by atoms with Crippen LogP contribution in [-0.4, -0.2) is 35.1 Å². The molecule has 4 aromatic carbocycles. The van der Waals surface area contributed by atoms with Gasteiger partial charge >= 0.3 is 0 Å². The fraction of sp³-hybridized carbons (Fsp3) is 0.0606. The van der Waals surface area contributed by atoms with E-state index in [2.05, 4.69) is 0 Å². The molecule has 1 aromatic heterocycles. The molecule has 0 spiro atoms. The summed E-state index contributed by atoms with van der Waals surface area (Å²) in [5.74, 6) is 1.24. The predicted octanol–water partition coefficient (Wildman–Crippen LogP) is 8.02. The lowest BCUT2D eigenvalue weighted by Crippen LogP contribution is -2.28. The Balaban J connectivity index is 1.45. The Morgan fingerprint density at radius 3 is 2.10 bits per heavy atom. The average Bonchev–Trinajstić information content (AvgIpc) is 3.59. The largest absolute Gasteiger partial charge is 0.497 e. The molecule has 0 aliphatic carbocycles. The van der Waals surface area contributed by atoms with Gasteiger partial charge in [-0.3, -0.25) is 9.69 Å². The normalized spacial score (nSPS) is 15.0. The molecule has 1 amide bonds. The van der Waals surface area contributed by atoms with Gasteiger partial charge in [0, 0.05) is 22.3 Å². The van der Waals surface area contributed by atoms with Crippen LogP contribution in [0.25, 0.3) is 23.0 Å². The number of methoxy groups -OCH3 is 2. The number of carbonyl (C=O) groups is 1. The quantitative estimate of drug-likeness (QED) is 0.179. The molecule has 0 atom stereocenters. The Morgan fingerprint density at radius 2 is 1.45 bits per heavy atom. The number of nitrogens with zero attached hydrogens (tertiary/aromatic N) is 4. The first-order valence-corrected chi connectivity index (χ1v) is 14.2. The second-order valence-corrected chi connectivity index (χ2v) is 10.7. The SMILES string of the molecule is COc1ccc(N=C2S/C(=C\c3cn(-c4ccccc4)nc3-c3ccc(Cl)cc3)C(=O)N2c2ccc(OC)cc2)cc1. The van der Waals surface area contributed by atoms with Gasteiger partial charge in [0.25, 0.3) is 5.91 Å². The first-order valence-electron chi connectivity index (χ1n) is 13.0. The Kier molecular flexibility index (Phi) is 7.81. The van der Waals surface area contributed by atoms with Gasteiger partial charge in [0.2, 0.25) is 0 Å². The zero-order chi connectivity index (χ0) is 29.1. The minimum absolute atomic E-state index is 0.188. The van der Waals surface area contributed by atoms with Gasteiger partial charge in [0.05, 0.1) is 41.9 Å². The summed E-state index contributed by atoms with van der Waals surface area (Å²) in [4.78, 5) is 21.0. The van der Waals surface area contributed by atoms with Crippen molar-refractivity contribution in [1.82, 2.24) is 9.78 Å². The van der Waals surface area contributed by atoms with E-state index in [0.29, 0.717) is 32.2 Å². The number of hydrogen-bond acceptors (Lipinski definition) is 6. The molecule has 5 aromatic rings. The fourth-order valence-corrected chi connectivity index (χ4v) is 5.57. The summed E-state index contributed by atoms with van der Waals surface area (Å²) in [6.07, 6.45) is 3.80. The van der Waals surface area contributed by atoms with Crippen LogP contribution in [0.5, 0.6) is 11.5 Å². The topological polar surface area (TPSA) is 69.0 Å². The van der Waals surface area contributed by atoms with Crippen molar-refractivity contribution in [2.24, 2.45) is 4.99 Å². The van der Waals surface area contributed by atoms with Gasteiger partial charge in [0.15, 0.2) is 5.17 Å². The van der Waals surface area contributed by atoms with Crippen LogP contribution in [0.3, 0.4) is 0 Å². The van der Waals surface area contributed by atoms with E-state index in [1.807, 2.05) is 120 Å². The van der Waals surface area contributed by atoms with Crippen LogP contribution < -0.4 is 14.4 Å². The lowest BCUT2D eigenvalue weighted by molar-refractivity contribution is -0.113. The van der Waals surface area contributed by atoms with Gasteiger partial charge in [-0.1, -0.05) is 41.9 Å². The van der Waals surface area contributed by atoms with Crippen molar-refractivity contribution >= 4 is 51.9 Å². The molecule has 208 valence electrons. The van der Waals surface area contributed by atoms with E-state index in [0.717, 1.165) is 28.3 Å². The number of ether oxygens (including phenoxy) is 2. The number of rotatable bonds is 7. The average molecular weight is 593 g/mol. The molecule has 0 saturated carbocycles. The van der Waals surface area contributed by atoms with Crippen molar-refractivity contribution in [2.45, 2.75) is 0 Å². The smallest absolute Gasteiger partial charge is 0.271 e. The number of benzene rings is 4. The highest BCUT2D eigenvalue weighted by Gasteiger charge is 2.35. The zero-order valence-corrected chi connectivity index (χ0v) is 24.3. The van der Waals surface area contributed by atoms with Gasteiger partial charge in [0.1, 0.15) is 11.5 Å². The molecule has 6 rings (SSSR count). The maximum absolute atomic E-state index is 14.0. The Bertz CT molecular complexity index is 1780. The third-order valence-electron chi connectivity index (χ3n) is 6.60. The van der Waals surface area contributed by atoms with Crippen LogP contribution in [0.1, 0.15) is 5.56 Å². The maximum Gasteiger partial charge on any atom is 0.271 e. The van der Waals surface area contributed by atoms with Gasteiger partial charge in [-0.05, 0) is 90.6 Å². The number of amidine groups is 1. The highest BCUT2D eigenvalue weighted by atomic mass is 35.5. The number of thioether (sulfide) groups is 1. The Labute approximate surface area is 252 Å². The van der Waals surface area contributed by atoms with E-state index in [4.69, 9.17) is 31.2 Å². The number of aliphatic imine (C=N–C) groups is 1. The number of aromatic nitrogens is 2. The maximum atomic E-state index is 14.0. The summed E-state index contributed by atoms with van der Waals surface area (Å²) in [5, 5.41) is 6.05. The molecular formula is C33H25ClN4O3S. The number of hydrogen-bond donors (Lipinski definition) is 0. The van der Waals surface area contributed by atoms with E-state index < -0.39 is 0 Å². The molecule has 1 aliphatic rings. The number of amides is 1. The number of anilines is 1. The summed E-state index contributed by atoms with van der Waals surface area (Å²) in [6, 6.07) is 32.1. The van der Waals surface area contributed by atoms with Crippen LogP contribution in [0.4, 0.5) is 11.4 Å². The molecule has 2 heterocycles. The molecule has 7 nitrogen and oxygen atoms in total. The summed E-state index contributed by atoms with van der Waals surface area (Å²) >= 11 is 7.48. The van der Waals surface area contributed by atoms with Gasteiger partial charge in [-0.25, -0.2) is 9.67 Å². The third kappa shape index (κ3) is 5.68. The lowest BCUT2D eigenvalue weighted by atomic mass is 10.1. The summed E-state index contributed by atoms with van der Waals surface area (Å²) in [7, 11) is 3.23. The number of para-hydroxylation sites is 1. The molecule has 9 heteroatoms. The minimum Gasteiger partial charge on any atom is -0.497 e. The van der Waals surface area contributed by atoms with Crippen LogP contribution in [-0.2, 0) is 4.79 Å². The molecule has 1 saturated heterocycles. The lowest BCUT2D eigenvalue weighted by Gasteiger charge is -2.16. The summed E-state index contributed by atoms with van der Waals surface area (Å²) in [5.41, 5.74) is 4.69. The first kappa shape index (κ1) is 27.4. The van der Waals surface area contributed by atoms with E-state index in [1.165, 1.54) is 11.8 Å². The minimum atomic E-state index is -0.188. The standard InChI is InChI=1S/C33H25ClN4O3S/c1-40-28-16-12-25(13-17-28)35-33-38(27-14-18-29(41-2)19-15-27)32(39)30(42-33)20-23-21-37(26-6-4-3-5-7-26)36-31(23)22-8-10-24(34)11-9-22/h3-21H,1-2H3/b30-20-,35-33?. The molecular weight excluding hydrogens is 568 g/mol. The van der Waals surface area contributed by atoms with E-state index in [-0.39, 0.29) is 5.91 Å². The van der Waals surface area contributed by atoms with Gasteiger partial charge in [-0.2, -0.15) is 5.10 Å². The zero-order valence-electron chi connectivity index (χ0n) is 22.8. The molecule has 1 fully saturated rings. The van der Waals surface area contributed by atoms with Crippen LogP contribution in [0.2, 0.25) is 5.02 Å². The predicted molar refractivity (Wildman–Crippen MR) is 170 cm³/mol. The highest BCUT2D eigenvalue weighted by molar-refractivity contribution is 8.19. The molecule has 0 unspecified atom stereocenters. The van der Waals surface area contributed by atoms with Crippen molar-refractivity contribution < 1.29 is 14.3 Å². The summed E-state index contributed by atoms with van der Waals surface area (Å²) in [6.45, 7) is 0. The van der Waals surface area contributed by atoms with Crippen LogP contribution in [0, 0.1) is 0 Å². The first-order chi connectivity index (χ1) is 20.5. The van der Waals surface area contributed by atoms with Gasteiger partial charge in [-0.15, -0.1) is 0 Å². The molecule has 42 heavy (non-hydrogen) atoms. The van der Waals surface area contributed by atoms with Crippen molar-refractivity contribution in [2.75, 3.05) is 19.1 Å². The van der Waals surface area contributed by atoms with E-state index in [9.17, 15) is 4.79 Å². The molecule has 0 bridgehead atoms. The van der Waals surface area contributed by atoms with E-state index in [1.54, 1.807) is 19.1 Å². The Hall–Kier alpha value is -4.79. The number of carbonyl (C=O) groups excluding carboxylic acids is 1. The van der Waals surface area contributed by atoms with Crippen molar-refractivity contribution in [3.05, 3.63) is 125 Å². The summed E-state index contributed by atoms with van der Waals surface area (Å²) < 4.78 is 12.4. The molecule has 0 radical (unpaired) electrons.